The van der Waals surface area contributed by atoms with Crippen molar-refractivity contribution in [2.75, 3.05) is 20.6 Å². The number of hydrogen-bond acceptors (Lipinski definition) is 3. The maximum absolute atomic E-state index is 12.0. The first-order valence-corrected chi connectivity index (χ1v) is 5.73. The molecule has 5 nitrogen and oxygen atoms in total. The zero-order valence-corrected chi connectivity index (χ0v) is 10.9. The van der Waals surface area contributed by atoms with Gasteiger partial charge >= 0.3 is 0 Å². The highest BCUT2D eigenvalue weighted by Gasteiger charge is 2.20. The molecule has 0 saturated carbocycles. The molecule has 0 aliphatic rings. The molecule has 0 radical (unpaired) electrons. The molecule has 0 spiro atoms. The zero-order chi connectivity index (χ0) is 13.7. The summed E-state index contributed by atoms with van der Waals surface area (Å²) in [6.07, 6.45) is 0. The molecule has 3 N–H and O–H groups in total. The lowest BCUT2D eigenvalue weighted by molar-refractivity contribution is -0.135. The predicted octanol–water partition coefficient (Wildman–Crippen LogP) is 0.199. The second kappa shape index (κ2) is 6.16. The Morgan fingerprint density at radius 3 is 2.39 bits per heavy atom. The predicted molar refractivity (Wildman–Crippen MR) is 69.8 cm³/mol. The van der Waals surface area contributed by atoms with Gasteiger partial charge in [-0.3, -0.25) is 9.59 Å². The van der Waals surface area contributed by atoms with Gasteiger partial charge in [0.1, 0.15) is 6.04 Å². The van der Waals surface area contributed by atoms with Gasteiger partial charge in [-0.25, -0.2) is 0 Å². The molecule has 0 fully saturated rings. The van der Waals surface area contributed by atoms with Crippen LogP contribution in [0.2, 0.25) is 0 Å². The average Bonchev–Trinajstić information content (AvgIpc) is 2.37. The van der Waals surface area contributed by atoms with Gasteiger partial charge in [-0.2, -0.15) is 0 Å². The maximum Gasteiger partial charge on any atom is 0.244 e. The first-order chi connectivity index (χ1) is 8.45. The van der Waals surface area contributed by atoms with E-state index in [4.69, 9.17) is 5.73 Å². The third kappa shape index (κ3) is 3.56. The van der Waals surface area contributed by atoms with Crippen LogP contribution in [0.5, 0.6) is 0 Å². The molecular formula is C13H19N3O2. The lowest BCUT2D eigenvalue weighted by Crippen LogP contribution is -2.41. The fourth-order valence-corrected chi connectivity index (χ4v) is 1.53. The van der Waals surface area contributed by atoms with Gasteiger partial charge in [0.2, 0.25) is 11.8 Å². The molecule has 0 aliphatic heterocycles. The summed E-state index contributed by atoms with van der Waals surface area (Å²) in [7, 11) is 3.09. The van der Waals surface area contributed by atoms with Crippen LogP contribution < -0.4 is 11.1 Å². The number of carbonyl (C=O) groups is 2. The molecule has 1 unspecified atom stereocenters. The summed E-state index contributed by atoms with van der Waals surface area (Å²) < 4.78 is 0. The fourth-order valence-electron chi connectivity index (χ4n) is 1.53. The summed E-state index contributed by atoms with van der Waals surface area (Å²) >= 11 is 0. The van der Waals surface area contributed by atoms with Crippen LogP contribution in [0.4, 0.5) is 0 Å². The Hall–Kier alpha value is -1.88. The van der Waals surface area contributed by atoms with Crippen LogP contribution >= 0.6 is 0 Å². The van der Waals surface area contributed by atoms with Crippen molar-refractivity contribution in [1.29, 1.82) is 0 Å². The highest BCUT2D eigenvalue weighted by atomic mass is 16.2. The molecule has 0 saturated heterocycles. The van der Waals surface area contributed by atoms with Gasteiger partial charge in [-0.1, -0.05) is 29.8 Å². The topological polar surface area (TPSA) is 75.4 Å². The number of amides is 2. The van der Waals surface area contributed by atoms with Gasteiger partial charge < -0.3 is 16.0 Å². The molecule has 1 aromatic rings. The van der Waals surface area contributed by atoms with Gasteiger partial charge in [0, 0.05) is 14.1 Å². The summed E-state index contributed by atoms with van der Waals surface area (Å²) in [5.74, 6) is -0.496. The van der Waals surface area contributed by atoms with Crippen LogP contribution in [-0.4, -0.2) is 37.4 Å². The minimum atomic E-state index is -0.736. The van der Waals surface area contributed by atoms with Crippen LogP contribution in [0.1, 0.15) is 17.2 Å². The second-order valence-corrected chi connectivity index (χ2v) is 4.26. The van der Waals surface area contributed by atoms with Crippen LogP contribution in [0.25, 0.3) is 0 Å². The Bertz CT molecular complexity index is 428. The normalized spacial score (nSPS) is 11.8. The van der Waals surface area contributed by atoms with E-state index in [0.29, 0.717) is 0 Å². The number of nitrogens with zero attached hydrogens (tertiary/aromatic N) is 1. The van der Waals surface area contributed by atoms with Crippen LogP contribution in [0.3, 0.4) is 0 Å². The summed E-state index contributed by atoms with van der Waals surface area (Å²) in [5.41, 5.74) is 7.74. The molecule has 1 aromatic carbocycles. The van der Waals surface area contributed by atoms with Crippen molar-refractivity contribution in [3.8, 4) is 0 Å². The Labute approximate surface area is 107 Å². The molecule has 5 heteroatoms. The van der Waals surface area contributed by atoms with E-state index >= 15 is 0 Å². The Balaban J connectivity index is 2.71. The monoisotopic (exact) mass is 249 g/mol. The van der Waals surface area contributed by atoms with Gasteiger partial charge in [0.05, 0.1) is 6.54 Å². The quantitative estimate of drug-likeness (QED) is 0.800. The van der Waals surface area contributed by atoms with Gasteiger partial charge in [-0.05, 0) is 12.5 Å². The Morgan fingerprint density at radius 1 is 1.33 bits per heavy atom. The number of rotatable bonds is 4. The van der Waals surface area contributed by atoms with Crippen molar-refractivity contribution < 1.29 is 9.59 Å². The second-order valence-electron chi connectivity index (χ2n) is 4.26. The van der Waals surface area contributed by atoms with Gasteiger partial charge in [0.25, 0.3) is 0 Å². The molecule has 0 aliphatic carbocycles. The zero-order valence-electron chi connectivity index (χ0n) is 10.9. The smallest absolute Gasteiger partial charge is 0.244 e. The number of aryl methyl sites for hydroxylation is 1. The third-order valence-electron chi connectivity index (χ3n) is 2.74. The fraction of sp³-hybridized carbons (Fsp3) is 0.385. The summed E-state index contributed by atoms with van der Waals surface area (Å²) in [6, 6.07) is 6.72. The largest absolute Gasteiger partial charge is 0.358 e. The molecule has 0 bridgehead atoms. The SMILES string of the molecule is CNC(=O)CN(C)C(=O)C(N)c1ccc(C)cc1. The van der Waals surface area contributed by atoms with Crippen LogP contribution in [-0.2, 0) is 9.59 Å². The van der Waals surface area contributed by atoms with Crippen molar-refractivity contribution in [2.45, 2.75) is 13.0 Å². The average molecular weight is 249 g/mol. The molecule has 1 atom stereocenters. The summed E-state index contributed by atoms with van der Waals surface area (Å²) in [4.78, 5) is 24.5. The van der Waals surface area contributed by atoms with E-state index in [9.17, 15) is 9.59 Å². The van der Waals surface area contributed by atoms with E-state index in [1.54, 1.807) is 7.05 Å². The molecule has 0 aromatic heterocycles. The number of hydrogen-bond donors (Lipinski definition) is 2. The van der Waals surface area contributed by atoms with Crippen molar-refractivity contribution in [1.82, 2.24) is 10.2 Å². The molecule has 0 heterocycles. The van der Waals surface area contributed by atoms with E-state index in [1.807, 2.05) is 31.2 Å². The van der Waals surface area contributed by atoms with Crippen LogP contribution in [0, 0.1) is 6.92 Å². The highest BCUT2D eigenvalue weighted by molar-refractivity contribution is 5.87. The number of nitrogens with one attached hydrogen (secondary N) is 1. The molecule has 2 amide bonds. The molecule has 1 rings (SSSR count). The first-order valence-electron chi connectivity index (χ1n) is 5.73. The number of likely N-dealkylation sites (N-methyl/N-ethyl adjacent to an activating group) is 2. The number of benzene rings is 1. The van der Waals surface area contributed by atoms with Crippen LogP contribution in [0.15, 0.2) is 24.3 Å². The third-order valence-corrected chi connectivity index (χ3v) is 2.74. The van der Waals surface area contributed by atoms with Gasteiger partial charge in [-0.15, -0.1) is 0 Å². The molecular weight excluding hydrogens is 230 g/mol. The standard InChI is InChI=1S/C13H19N3O2/c1-9-4-6-10(7-5-9)12(14)13(18)16(3)8-11(17)15-2/h4-7,12H,8,14H2,1-3H3,(H,15,17). The lowest BCUT2D eigenvalue weighted by atomic mass is 10.0. The lowest BCUT2D eigenvalue weighted by Gasteiger charge is -2.20. The van der Waals surface area contributed by atoms with Crippen molar-refractivity contribution in [3.63, 3.8) is 0 Å². The van der Waals surface area contributed by atoms with E-state index in [1.165, 1.54) is 11.9 Å². The van der Waals surface area contributed by atoms with Gasteiger partial charge in [0.15, 0.2) is 0 Å². The first kappa shape index (κ1) is 14.2. The van der Waals surface area contributed by atoms with E-state index in [0.717, 1.165) is 11.1 Å². The van der Waals surface area contributed by atoms with Crippen molar-refractivity contribution >= 4 is 11.8 Å². The Morgan fingerprint density at radius 2 is 1.89 bits per heavy atom. The van der Waals surface area contributed by atoms with Crippen molar-refractivity contribution in [3.05, 3.63) is 35.4 Å². The van der Waals surface area contributed by atoms with E-state index in [-0.39, 0.29) is 18.4 Å². The minimum Gasteiger partial charge on any atom is -0.358 e. The Kier molecular flexibility index (Phi) is 4.85. The number of nitrogens with two attached hydrogens (primary N) is 1. The van der Waals surface area contributed by atoms with E-state index in [2.05, 4.69) is 5.32 Å². The molecule has 18 heavy (non-hydrogen) atoms. The molecule has 98 valence electrons. The highest BCUT2D eigenvalue weighted by Crippen LogP contribution is 2.13. The van der Waals surface area contributed by atoms with Crippen molar-refractivity contribution in [2.24, 2.45) is 5.73 Å². The number of carbonyl (C=O) groups excluding carboxylic acids is 2. The minimum absolute atomic E-state index is 0.00882. The maximum atomic E-state index is 12.0. The summed E-state index contributed by atoms with van der Waals surface area (Å²) in [5, 5.41) is 2.46. The summed E-state index contributed by atoms with van der Waals surface area (Å²) in [6.45, 7) is 1.98. The van der Waals surface area contributed by atoms with E-state index < -0.39 is 6.04 Å².